The van der Waals surface area contributed by atoms with Gasteiger partial charge in [-0.05, 0) is 31.4 Å². The highest BCUT2D eigenvalue weighted by Gasteiger charge is 2.32. The molecule has 1 saturated heterocycles. The second kappa shape index (κ2) is 6.87. The van der Waals surface area contributed by atoms with Crippen LogP contribution in [0, 0.1) is 5.92 Å². The molecule has 1 fully saturated rings. The molecule has 0 aromatic rings. The molecule has 3 heteroatoms. The number of hydrogen-bond acceptors (Lipinski definition) is 3. The lowest BCUT2D eigenvalue weighted by molar-refractivity contribution is 0.0760. The predicted octanol–water partition coefficient (Wildman–Crippen LogP) is 2.92. The molecule has 1 heterocycles. The zero-order chi connectivity index (χ0) is 12.0. The van der Waals surface area contributed by atoms with E-state index in [-0.39, 0.29) is 0 Å². The molecule has 0 amide bonds. The third-order valence-electron chi connectivity index (χ3n) is 3.77. The third kappa shape index (κ3) is 3.94. The quantitative estimate of drug-likeness (QED) is 0.777. The Morgan fingerprint density at radius 3 is 2.38 bits per heavy atom. The molecule has 0 radical (unpaired) electrons. The first-order valence-electron chi connectivity index (χ1n) is 6.50. The fourth-order valence-corrected chi connectivity index (χ4v) is 3.17. The summed E-state index contributed by atoms with van der Waals surface area (Å²) in [6.07, 6.45) is 5.84. The van der Waals surface area contributed by atoms with Crippen LogP contribution in [0.15, 0.2) is 0 Å². The van der Waals surface area contributed by atoms with E-state index in [0.717, 1.165) is 25.7 Å². The number of hydrogen-bond donors (Lipinski definition) is 1. The summed E-state index contributed by atoms with van der Waals surface area (Å²) in [4.78, 5) is 0. The van der Waals surface area contributed by atoms with Crippen LogP contribution in [-0.4, -0.2) is 36.8 Å². The Kier molecular flexibility index (Phi) is 6.16. The Hall–Kier alpha value is 0.270. The highest BCUT2D eigenvalue weighted by molar-refractivity contribution is 8.00. The molecule has 0 aliphatic carbocycles. The van der Waals surface area contributed by atoms with Crippen molar-refractivity contribution in [2.45, 2.75) is 50.8 Å². The minimum absolute atomic E-state index is 0.417. The van der Waals surface area contributed by atoms with Gasteiger partial charge in [0.2, 0.25) is 0 Å². The summed E-state index contributed by atoms with van der Waals surface area (Å²) in [5.74, 6) is 0.726. The monoisotopic (exact) mass is 245 g/mol. The number of thioether (sulfide) groups is 1. The normalized spacial score (nSPS) is 22.3. The molecule has 0 spiro atoms. The van der Waals surface area contributed by atoms with E-state index in [1.54, 1.807) is 0 Å². The maximum atomic E-state index is 5.47. The molecular weight excluding hydrogens is 218 g/mol. The minimum Gasteiger partial charge on any atom is -0.381 e. The summed E-state index contributed by atoms with van der Waals surface area (Å²) in [6.45, 7) is 9.87. The molecule has 1 rings (SSSR count). The van der Waals surface area contributed by atoms with Crippen molar-refractivity contribution in [1.29, 1.82) is 0 Å². The highest BCUT2D eigenvalue weighted by atomic mass is 32.2. The van der Waals surface area contributed by atoms with Gasteiger partial charge in [0, 0.05) is 30.5 Å². The van der Waals surface area contributed by atoms with Gasteiger partial charge in [0.05, 0.1) is 0 Å². The molecule has 1 atom stereocenters. The summed E-state index contributed by atoms with van der Waals surface area (Å²) in [5.41, 5.74) is 0. The molecule has 0 saturated carbocycles. The molecule has 1 N–H and O–H groups in total. The maximum absolute atomic E-state index is 5.47. The number of rotatable bonds is 6. The van der Waals surface area contributed by atoms with Crippen LogP contribution in [0.5, 0.6) is 0 Å². The average Bonchev–Trinajstić information content (AvgIpc) is 2.30. The minimum atomic E-state index is 0.417. The zero-order valence-corrected chi connectivity index (χ0v) is 12.0. The zero-order valence-electron chi connectivity index (χ0n) is 11.2. The van der Waals surface area contributed by atoms with E-state index in [9.17, 15) is 0 Å². The standard InChI is InChI=1S/C13H27NOS/c1-5-12(11(2)3)14-10-13(16-4)6-8-15-9-7-13/h11-12,14H,5-10H2,1-4H3. The van der Waals surface area contributed by atoms with Crippen LogP contribution in [0.4, 0.5) is 0 Å². The van der Waals surface area contributed by atoms with E-state index in [2.05, 4.69) is 32.3 Å². The van der Waals surface area contributed by atoms with Crippen molar-refractivity contribution in [3.63, 3.8) is 0 Å². The van der Waals surface area contributed by atoms with Crippen LogP contribution in [0.3, 0.4) is 0 Å². The third-order valence-corrected chi connectivity index (χ3v) is 5.19. The first-order valence-corrected chi connectivity index (χ1v) is 7.72. The Morgan fingerprint density at radius 1 is 1.31 bits per heavy atom. The first kappa shape index (κ1) is 14.3. The summed E-state index contributed by atoms with van der Waals surface area (Å²) in [6, 6.07) is 0.659. The van der Waals surface area contributed by atoms with Gasteiger partial charge in [0.25, 0.3) is 0 Å². The lowest BCUT2D eigenvalue weighted by atomic mass is 9.96. The summed E-state index contributed by atoms with van der Waals surface area (Å²) < 4.78 is 5.88. The van der Waals surface area contributed by atoms with Gasteiger partial charge in [-0.3, -0.25) is 0 Å². The van der Waals surface area contributed by atoms with E-state index < -0.39 is 0 Å². The first-order chi connectivity index (χ1) is 7.63. The van der Waals surface area contributed by atoms with Crippen LogP contribution in [-0.2, 0) is 4.74 Å². The predicted molar refractivity (Wildman–Crippen MR) is 73.2 cm³/mol. The maximum Gasteiger partial charge on any atom is 0.0479 e. The van der Waals surface area contributed by atoms with Crippen molar-refractivity contribution in [3.8, 4) is 0 Å². The molecule has 2 nitrogen and oxygen atoms in total. The van der Waals surface area contributed by atoms with Crippen molar-refractivity contribution < 1.29 is 4.74 Å². The Balaban J connectivity index is 2.43. The van der Waals surface area contributed by atoms with Crippen LogP contribution in [0.2, 0.25) is 0 Å². The Bertz CT molecular complexity index is 190. The van der Waals surface area contributed by atoms with Gasteiger partial charge >= 0.3 is 0 Å². The van der Waals surface area contributed by atoms with Crippen LogP contribution in [0.25, 0.3) is 0 Å². The fraction of sp³-hybridized carbons (Fsp3) is 1.00. The fourth-order valence-electron chi connectivity index (χ4n) is 2.37. The lowest BCUT2D eigenvalue weighted by Gasteiger charge is -2.37. The molecule has 0 aromatic heterocycles. The molecule has 1 unspecified atom stereocenters. The van der Waals surface area contributed by atoms with E-state index in [0.29, 0.717) is 10.8 Å². The van der Waals surface area contributed by atoms with E-state index in [1.807, 2.05) is 11.8 Å². The summed E-state index contributed by atoms with van der Waals surface area (Å²) in [7, 11) is 0. The molecule has 1 aliphatic heterocycles. The van der Waals surface area contributed by atoms with Crippen LogP contribution >= 0.6 is 11.8 Å². The second-order valence-electron chi connectivity index (χ2n) is 5.14. The van der Waals surface area contributed by atoms with Gasteiger partial charge < -0.3 is 10.1 Å². The van der Waals surface area contributed by atoms with Gasteiger partial charge in [0.1, 0.15) is 0 Å². The highest BCUT2D eigenvalue weighted by Crippen LogP contribution is 2.33. The van der Waals surface area contributed by atoms with E-state index in [1.165, 1.54) is 19.3 Å². The molecule has 0 bridgehead atoms. The SMILES string of the molecule is CCC(NCC1(SC)CCOCC1)C(C)C. The van der Waals surface area contributed by atoms with E-state index in [4.69, 9.17) is 4.74 Å². The Labute approximate surface area is 105 Å². The van der Waals surface area contributed by atoms with Crippen molar-refractivity contribution in [2.75, 3.05) is 26.0 Å². The molecule has 16 heavy (non-hydrogen) atoms. The van der Waals surface area contributed by atoms with Crippen molar-refractivity contribution in [1.82, 2.24) is 5.32 Å². The molecule has 1 aliphatic rings. The average molecular weight is 245 g/mol. The van der Waals surface area contributed by atoms with Crippen LogP contribution < -0.4 is 5.32 Å². The molecule has 96 valence electrons. The van der Waals surface area contributed by atoms with E-state index >= 15 is 0 Å². The summed E-state index contributed by atoms with van der Waals surface area (Å²) in [5, 5.41) is 3.75. The van der Waals surface area contributed by atoms with Gasteiger partial charge in [-0.1, -0.05) is 20.8 Å². The largest absolute Gasteiger partial charge is 0.381 e. The van der Waals surface area contributed by atoms with Crippen LogP contribution in [0.1, 0.15) is 40.0 Å². The van der Waals surface area contributed by atoms with Crippen molar-refractivity contribution >= 4 is 11.8 Å². The van der Waals surface area contributed by atoms with Gasteiger partial charge in [-0.2, -0.15) is 11.8 Å². The number of ether oxygens (including phenoxy) is 1. The van der Waals surface area contributed by atoms with Gasteiger partial charge in [-0.25, -0.2) is 0 Å². The second-order valence-corrected chi connectivity index (χ2v) is 6.41. The van der Waals surface area contributed by atoms with Crippen molar-refractivity contribution in [2.24, 2.45) is 5.92 Å². The Morgan fingerprint density at radius 2 is 1.94 bits per heavy atom. The van der Waals surface area contributed by atoms with Gasteiger partial charge in [-0.15, -0.1) is 0 Å². The topological polar surface area (TPSA) is 21.3 Å². The smallest absolute Gasteiger partial charge is 0.0479 e. The summed E-state index contributed by atoms with van der Waals surface area (Å²) >= 11 is 2.01. The lowest BCUT2D eigenvalue weighted by Crippen LogP contribution is -2.46. The van der Waals surface area contributed by atoms with Gasteiger partial charge in [0.15, 0.2) is 0 Å². The molecular formula is C13H27NOS. The number of nitrogens with one attached hydrogen (secondary N) is 1. The van der Waals surface area contributed by atoms with Crippen molar-refractivity contribution in [3.05, 3.63) is 0 Å². The molecule has 0 aromatic carbocycles.